The molecule has 0 atom stereocenters. The fraction of sp³-hybridized carbons (Fsp3) is 0.308. The van der Waals surface area contributed by atoms with Crippen LogP contribution in [0.1, 0.15) is 19.0 Å². The van der Waals surface area contributed by atoms with Crippen LogP contribution >= 0.6 is 23.2 Å². The number of hydrogen-bond acceptors (Lipinski definition) is 4. The number of H-pyrrole nitrogens is 1. The molecule has 0 fully saturated rings. The van der Waals surface area contributed by atoms with E-state index < -0.39 is 0 Å². The summed E-state index contributed by atoms with van der Waals surface area (Å²) in [5.74, 6) is 0.340. The maximum Gasteiger partial charge on any atom is 0.251 e. The molecule has 20 heavy (non-hydrogen) atoms. The Balaban J connectivity index is 2.34. The van der Waals surface area contributed by atoms with Gasteiger partial charge < -0.3 is 10.3 Å². The molecular formula is C13H14Cl2N4O. The van der Waals surface area contributed by atoms with Crippen molar-refractivity contribution in [2.45, 2.75) is 19.9 Å². The molecule has 2 aromatic heterocycles. The van der Waals surface area contributed by atoms with Gasteiger partial charge in [0.1, 0.15) is 5.69 Å². The highest BCUT2D eigenvalue weighted by molar-refractivity contribution is 6.35. The molecule has 0 aliphatic carbocycles. The zero-order valence-corrected chi connectivity index (χ0v) is 12.4. The van der Waals surface area contributed by atoms with Gasteiger partial charge in [-0.25, -0.2) is 9.97 Å². The van der Waals surface area contributed by atoms with Crippen LogP contribution < -0.4 is 10.9 Å². The first-order chi connectivity index (χ1) is 9.60. The van der Waals surface area contributed by atoms with E-state index in [1.54, 1.807) is 6.07 Å². The molecular weight excluding hydrogens is 299 g/mol. The van der Waals surface area contributed by atoms with Crippen molar-refractivity contribution in [3.8, 4) is 11.5 Å². The summed E-state index contributed by atoms with van der Waals surface area (Å²) in [6, 6.07) is 3.02. The van der Waals surface area contributed by atoms with Crippen molar-refractivity contribution in [1.29, 1.82) is 0 Å². The Hall–Kier alpha value is -1.43. The van der Waals surface area contributed by atoms with E-state index >= 15 is 0 Å². The van der Waals surface area contributed by atoms with Crippen molar-refractivity contribution < 1.29 is 0 Å². The van der Waals surface area contributed by atoms with Crippen molar-refractivity contribution in [3.05, 3.63) is 44.4 Å². The summed E-state index contributed by atoms with van der Waals surface area (Å²) >= 11 is 11.9. The largest absolute Gasteiger partial charge is 0.311 e. The minimum atomic E-state index is -0.240. The maximum absolute atomic E-state index is 11.7. The zero-order valence-electron chi connectivity index (χ0n) is 10.9. The van der Waals surface area contributed by atoms with Gasteiger partial charge in [-0.05, 0) is 19.0 Å². The molecule has 0 radical (unpaired) electrons. The molecule has 106 valence electrons. The van der Waals surface area contributed by atoms with E-state index in [4.69, 9.17) is 23.2 Å². The summed E-state index contributed by atoms with van der Waals surface area (Å²) in [5, 5.41) is 3.97. The standard InChI is InChI=1S/C13H14Cl2N4O/c1-2-3-16-7-9-5-11(20)19-13(18-9)12-10(15)4-8(14)6-17-12/h4-6,16H,2-3,7H2,1H3,(H,18,19,20). The van der Waals surface area contributed by atoms with Gasteiger partial charge in [0.15, 0.2) is 5.82 Å². The second kappa shape index (κ2) is 6.83. The van der Waals surface area contributed by atoms with E-state index in [1.165, 1.54) is 12.3 Å². The van der Waals surface area contributed by atoms with E-state index in [2.05, 4.69) is 27.2 Å². The lowest BCUT2D eigenvalue weighted by Gasteiger charge is -2.06. The Morgan fingerprint density at radius 2 is 2.15 bits per heavy atom. The van der Waals surface area contributed by atoms with Crippen LogP contribution in [0.15, 0.2) is 23.1 Å². The highest BCUT2D eigenvalue weighted by atomic mass is 35.5. The second-order valence-corrected chi connectivity index (χ2v) is 5.09. The van der Waals surface area contributed by atoms with Gasteiger partial charge in [-0.2, -0.15) is 0 Å². The van der Waals surface area contributed by atoms with Crippen LogP contribution in [0, 0.1) is 0 Å². The van der Waals surface area contributed by atoms with Gasteiger partial charge in [-0.15, -0.1) is 0 Å². The quantitative estimate of drug-likeness (QED) is 0.833. The normalized spacial score (nSPS) is 10.8. The molecule has 0 saturated carbocycles. The maximum atomic E-state index is 11.7. The van der Waals surface area contributed by atoms with Crippen molar-refractivity contribution in [3.63, 3.8) is 0 Å². The van der Waals surface area contributed by atoms with Crippen molar-refractivity contribution in [2.24, 2.45) is 0 Å². The number of nitrogens with one attached hydrogen (secondary N) is 2. The Labute approximate surface area is 126 Å². The van der Waals surface area contributed by atoms with E-state index in [0.717, 1.165) is 13.0 Å². The molecule has 0 aliphatic rings. The molecule has 2 heterocycles. The predicted molar refractivity (Wildman–Crippen MR) is 80.1 cm³/mol. The number of aromatic amines is 1. The summed E-state index contributed by atoms with van der Waals surface area (Å²) in [5.41, 5.74) is 0.812. The van der Waals surface area contributed by atoms with Crippen LogP contribution in [0.25, 0.3) is 11.5 Å². The lowest BCUT2D eigenvalue weighted by atomic mass is 10.3. The molecule has 2 rings (SSSR count). The van der Waals surface area contributed by atoms with Crippen LogP contribution in [-0.4, -0.2) is 21.5 Å². The zero-order chi connectivity index (χ0) is 14.5. The molecule has 2 aromatic rings. The van der Waals surface area contributed by atoms with Gasteiger partial charge in [-0.1, -0.05) is 30.1 Å². The van der Waals surface area contributed by atoms with Gasteiger partial charge in [0, 0.05) is 18.8 Å². The summed E-state index contributed by atoms with van der Waals surface area (Å²) in [6.45, 7) is 3.46. The second-order valence-electron chi connectivity index (χ2n) is 4.25. The smallest absolute Gasteiger partial charge is 0.251 e. The molecule has 7 heteroatoms. The Bertz CT molecular complexity index is 657. The topological polar surface area (TPSA) is 70.7 Å². The van der Waals surface area contributed by atoms with E-state index in [1.807, 2.05) is 0 Å². The van der Waals surface area contributed by atoms with Crippen LogP contribution in [0.4, 0.5) is 0 Å². The highest BCUT2D eigenvalue weighted by Crippen LogP contribution is 2.24. The van der Waals surface area contributed by atoms with E-state index in [-0.39, 0.29) is 5.56 Å². The molecule has 0 amide bonds. The number of aromatic nitrogens is 3. The van der Waals surface area contributed by atoms with Crippen molar-refractivity contribution in [1.82, 2.24) is 20.3 Å². The summed E-state index contributed by atoms with van der Waals surface area (Å²) < 4.78 is 0. The third kappa shape index (κ3) is 3.79. The number of nitrogens with zero attached hydrogens (tertiary/aromatic N) is 2. The molecule has 0 aliphatic heterocycles. The summed E-state index contributed by atoms with van der Waals surface area (Å²) in [7, 11) is 0. The Morgan fingerprint density at radius 1 is 1.35 bits per heavy atom. The molecule has 0 unspecified atom stereocenters. The first-order valence-electron chi connectivity index (χ1n) is 6.22. The van der Waals surface area contributed by atoms with Gasteiger partial charge >= 0.3 is 0 Å². The van der Waals surface area contributed by atoms with E-state index in [0.29, 0.717) is 33.8 Å². The molecule has 0 spiro atoms. The molecule has 0 aromatic carbocycles. The minimum absolute atomic E-state index is 0.240. The first-order valence-corrected chi connectivity index (χ1v) is 6.98. The molecule has 0 bridgehead atoms. The minimum Gasteiger partial charge on any atom is -0.311 e. The molecule has 2 N–H and O–H groups in total. The fourth-order valence-corrected chi connectivity index (χ4v) is 2.16. The lowest BCUT2D eigenvalue weighted by Crippen LogP contribution is -2.18. The van der Waals surface area contributed by atoms with Gasteiger partial charge in [-0.3, -0.25) is 4.79 Å². The van der Waals surface area contributed by atoms with Crippen LogP contribution in [-0.2, 0) is 6.54 Å². The number of rotatable bonds is 5. The number of hydrogen-bond donors (Lipinski definition) is 2. The Morgan fingerprint density at radius 3 is 2.85 bits per heavy atom. The van der Waals surface area contributed by atoms with Gasteiger partial charge in [0.05, 0.1) is 15.7 Å². The number of halogens is 2. The average molecular weight is 313 g/mol. The van der Waals surface area contributed by atoms with Crippen molar-refractivity contribution in [2.75, 3.05) is 6.54 Å². The summed E-state index contributed by atoms with van der Waals surface area (Å²) in [4.78, 5) is 22.8. The third-order valence-electron chi connectivity index (χ3n) is 2.56. The summed E-state index contributed by atoms with van der Waals surface area (Å²) in [6.07, 6.45) is 2.48. The third-order valence-corrected chi connectivity index (χ3v) is 3.05. The molecule has 5 nitrogen and oxygen atoms in total. The van der Waals surface area contributed by atoms with Crippen molar-refractivity contribution >= 4 is 23.2 Å². The predicted octanol–water partition coefficient (Wildman–Crippen LogP) is 2.64. The average Bonchev–Trinajstić information content (AvgIpc) is 2.38. The van der Waals surface area contributed by atoms with E-state index in [9.17, 15) is 4.79 Å². The van der Waals surface area contributed by atoms with Crippen LogP contribution in [0.2, 0.25) is 10.0 Å². The lowest BCUT2D eigenvalue weighted by molar-refractivity contribution is 0.662. The monoisotopic (exact) mass is 312 g/mol. The number of pyridine rings is 1. The van der Waals surface area contributed by atoms with Crippen LogP contribution in [0.3, 0.4) is 0 Å². The van der Waals surface area contributed by atoms with Gasteiger partial charge in [0.25, 0.3) is 5.56 Å². The van der Waals surface area contributed by atoms with Gasteiger partial charge in [0.2, 0.25) is 0 Å². The highest BCUT2D eigenvalue weighted by Gasteiger charge is 2.10. The Kier molecular flexibility index (Phi) is 5.11. The first kappa shape index (κ1) is 15.0. The van der Waals surface area contributed by atoms with Crippen LogP contribution in [0.5, 0.6) is 0 Å². The fourth-order valence-electron chi connectivity index (χ4n) is 1.69. The SMILES string of the molecule is CCCNCc1cc(=O)[nH]c(-c2ncc(Cl)cc2Cl)n1. The molecule has 0 saturated heterocycles.